The maximum atomic E-state index is 12.6. The molecule has 6 nitrogen and oxygen atoms in total. The fourth-order valence-corrected chi connectivity index (χ4v) is 4.67. The highest BCUT2D eigenvalue weighted by Crippen LogP contribution is 2.38. The summed E-state index contributed by atoms with van der Waals surface area (Å²) in [7, 11) is 0. The Morgan fingerprint density at radius 2 is 1.48 bits per heavy atom. The van der Waals surface area contributed by atoms with Crippen LogP contribution in [-0.4, -0.2) is 60.2 Å². The van der Waals surface area contributed by atoms with Gasteiger partial charge in [0.2, 0.25) is 17.7 Å². The van der Waals surface area contributed by atoms with Crippen molar-refractivity contribution in [2.24, 2.45) is 11.8 Å². The number of hydrogen-bond acceptors (Lipinski definition) is 4. The van der Waals surface area contributed by atoms with Gasteiger partial charge in [0, 0.05) is 44.8 Å². The van der Waals surface area contributed by atoms with E-state index >= 15 is 0 Å². The number of para-hydroxylation sites is 1. The van der Waals surface area contributed by atoms with Gasteiger partial charge in [0.05, 0.1) is 11.8 Å². The molecule has 2 saturated heterocycles. The van der Waals surface area contributed by atoms with Crippen LogP contribution in [0.5, 0.6) is 0 Å². The Balaban J connectivity index is 1.28. The van der Waals surface area contributed by atoms with Crippen molar-refractivity contribution < 1.29 is 14.4 Å². The molecule has 4 rings (SSSR count). The lowest BCUT2D eigenvalue weighted by Gasteiger charge is -2.36. The first-order valence-electron chi connectivity index (χ1n) is 10.1. The number of anilines is 1. The van der Waals surface area contributed by atoms with E-state index in [1.165, 1.54) is 10.6 Å². The molecule has 1 aliphatic carbocycles. The zero-order valence-electron chi connectivity index (χ0n) is 15.7. The zero-order valence-corrected chi connectivity index (χ0v) is 15.7. The summed E-state index contributed by atoms with van der Waals surface area (Å²) in [6.45, 7) is 3.22. The van der Waals surface area contributed by atoms with Crippen molar-refractivity contribution >= 4 is 23.4 Å². The third-order valence-corrected chi connectivity index (χ3v) is 6.24. The Bertz CT molecular complexity index is 689. The molecule has 3 aliphatic rings. The van der Waals surface area contributed by atoms with Gasteiger partial charge in [0.15, 0.2) is 0 Å². The van der Waals surface area contributed by atoms with Gasteiger partial charge in [-0.3, -0.25) is 19.3 Å². The van der Waals surface area contributed by atoms with Gasteiger partial charge < -0.3 is 9.80 Å². The highest BCUT2D eigenvalue weighted by Gasteiger charge is 2.47. The van der Waals surface area contributed by atoms with Crippen molar-refractivity contribution in [1.29, 1.82) is 0 Å². The Morgan fingerprint density at radius 1 is 0.889 bits per heavy atom. The molecule has 3 amide bonds. The van der Waals surface area contributed by atoms with Crippen molar-refractivity contribution in [3.63, 3.8) is 0 Å². The zero-order chi connectivity index (χ0) is 18.8. The van der Waals surface area contributed by atoms with Crippen molar-refractivity contribution in [2.75, 3.05) is 37.6 Å². The van der Waals surface area contributed by atoms with E-state index < -0.39 is 0 Å². The Morgan fingerprint density at radius 3 is 2.07 bits per heavy atom. The van der Waals surface area contributed by atoms with Crippen molar-refractivity contribution in [2.45, 2.75) is 32.1 Å². The first-order chi connectivity index (χ1) is 13.1. The maximum Gasteiger partial charge on any atom is 0.233 e. The summed E-state index contributed by atoms with van der Waals surface area (Å²) in [5.41, 5.74) is 1.18. The molecule has 2 atom stereocenters. The molecule has 0 aromatic heterocycles. The lowest BCUT2D eigenvalue weighted by Crippen LogP contribution is -2.49. The van der Waals surface area contributed by atoms with Crippen LogP contribution in [0.25, 0.3) is 0 Å². The summed E-state index contributed by atoms with van der Waals surface area (Å²) >= 11 is 0. The molecule has 2 aliphatic heterocycles. The number of carbonyl (C=O) groups excluding carboxylic acids is 3. The number of benzene rings is 1. The third-order valence-electron chi connectivity index (χ3n) is 6.24. The van der Waals surface area contributed by atoms with Gasteiger partial charge in [0.1, 0.15) is 0 Å². The van der Waals surface area contributed by atoms with Crippen molar-refractivity contribution in [3.05, 3.63) is 30.3 Å². The lowest BCUT2D eigenvalue weighted by molar-refractivity contribution is -0.140. The fourth-order valence-electron chi connectivity index (χ4n) is 4.67. The second-order valence-electron chi connectivity index (χ2n) is 7.78. The summed E-state index contributed by atoms with van der Waals surface area (Å²) < 4.78 is 0. The number of rotatable bonds is 4. The predicted molar refractivity (Wildman–Crippen MR) is 102 cm³/mol. The summed E-state index contributed by atoms with van der Waals surface area (Å²) in [6.07, 6.45) is 3.93. The van der Waals surface area contributed by atoms with Crippen LogP contribution < -0.4 is 4.90 Å². The van der Waals surface area contributed by atoms with Crippen LogP contribution in [0.2, 0.25) is 0 Å². The van der Waals surface area contributed by atoms with Gasteiger partial charge in [-0.15, -0.1) is 0 Å². The minimum atomic E-state index is -0.129. The molecule has 1 saturated carbocycles. The van der Waals surface area contributed by atoms with Gasteiger partial charge in [-0.2, -0.15) is 0 Å². The minimum Gasteiger partial charge on any atom is -0.368 e. The number of nitrogens with zero attached hydrogens (tertiary/aromatic N) is 3. The average molecular weight is 369 g/mol. The number of amides is 3. The van der Waals surface area contributed by atoms with E-state index in [4.69, 9.17) is 0 Å². The molecular weight excluding hydrogens is 342 g/mol. The summed E-state index contributed by atoms with van der Waals surface area (Å²) in [4.78, 5) is 43.1. The number of fused-ring (bicyclic) bond motifs is 1. The average Bonchev–Trinajstić information content (AvgIpc) is 2.97. The van der Waals surface area contributed by atoms with Crippen molar-refractivity contribution in [1.82, 2.24) is 9.80 Å². The predicted octanol–water partition coefficient (Wildman–Crippen LogP) is 1.90. The molecular formula is C21H27N3O3. The first kappa shape index (κ1) is 18.0. The number of imide groups is 1. The van der Waals surface area contributed by atoms with Crippen LogP contribution in [0.4, 0.5) is 5.69 Å². The van der Waals surface area contributed by atoms with E-state index in [1.807, 2.05) is 23.1 Å². The molecule has 0 bridgehead atoms. The third kappa shape index (κ3) is 3.57. The van der Waals surface area contributed by atoms with E-state index in [0.29, 0.717) is 13.1 Å². The highest BCUT2D eigenvalue weighted by atomic mass is 16.2. The molecule has 27 heavy (non-hydrogen) atoms. The van der Waals surface area contributed by atoms with Crippen LogP contribution in [0.1, 0.15) is 32.1 Å². The Labute approximate surface area is 160 Å². The molecule has 1 aromatic carbocycles. The Kier molecular flexibility index (Phi) is 5.14. The first-order valence-corrected chi connectivity index (χ1v) is 10.1. The molecule has 0 unspecified atom stereocenters. The quantitative estimate of drug-likeness (QED) is 0.761. The molecule has 0 spiro atoms. The fraction of sp³-hybridized carbons (Fsp3) is 0.571. The van der Waals surface area contributed by atoms with Crippen molar-refractivity contribution in [3.8, 4) is 0 Å². The molecule has 3 fully saturated rings. The summed E-state index contributed by atoms with van der Waals surface area (Å²) in [5, 5.41) is 0. The van der Waals surface area contributed by atoms with E-state index in [2.05, 4.69) is 17.0 Å². The standard InChI is InChI=1S/C21H27N3O3/c25-19(23-14-12-22(13-15-23)16-6-2-1-3-7-16)10-11-24-20(26)17-8-4-5-9-18(17)21(24)27/h1-3,6-7,17-18H,4-5,8-15H2/t17-,18-/m0/s1. The molecule has 1 aromatic rings. The molecule has 6 heteroatoms. The van der Waals surface area contributed by atoms with Gasteiger partial charge in [-0.25, -0.2) is 0 Å². The van der Waals surface area contributed by atoms with Gasteiger partial charge >= 0.3 is 0 Å². The second-order valence-corrected chi connectivity index (χ2v) is 7.78. The topological polar surface area (TPSA) is 60.9 Å². The maximum absolute atomic E-state index is 12.6. The molecule has 2 heterocycles. The highest BCUT2D eigenvalue weighted by molar-refractivity contribution is 6.05. The Hall–Kier alpha value is -2.37. The van der Waals surface area contributed by atoms with E-state index in [-0.39, 0.29) is 42.5 Å². The lowest BCUT2D eigenvalue weighted by atomic mass is 9.81. The summed E-state index contributed by atoms with van der Waals surface area (Å²) in [5.74, 6) is -0.317. The molecule has 0 N–H and O–H groups in total. The van der Waals surface area contributed by atoms with Gasteiger partial charge in [0.25, 0.3) is 0 Å². The smallest absolute Gasteiger partial charge is 0.233 e. The van der Waals surface area contributed by atoms with Crippen LogP contribution in [-0.2, 0) is 14.4 Å². The summed E-state index contributed by atoms with van der Waals surface area (Å²) in [6, 6.07) is 10.2. The van der Waals surface area contributed by atoms with Crippen LogP contribution >= 0.6 is 0 Å². The van der Waals surface area contributed by atoms with Crippen LogP contribution in [0.3, 0.4) is 0 Å². The second kappa shape index (κ2) is 7.71. The van der Waals surface area contributed by atoms with Crippen LogP contribution in [0.15, 0.2) is 30.3 Å². The van der Waals surface area contributed by atoms with Gasteiger partial charge in [-0.05, 0) is 25.0 Å². The van der Waals surface area contributed by atoms with E-state index in [9.17, 15) is 14.4 Å². The van der Waals surface area contributed by atoms with Gasteiger partial charge in [-0.1, -0.05) is 31.0 Å². The number of likely N-dealkylation sites (tertiary alicyclic amines) is 1. The number of hydrogen-bond donors (Lipinski definition) is 0. The number of carbonyl (C=O) groups is 3. The monoisotopic (exact) mass is 369 g/mol. The van der Waals surface area contributed by atoms with E-state index in [1.54, 1.807) is 0 Å². The molecule has 0 radical (unpaired) electrons. The SMILES string of the molecule is O=C(CCN1C(=O)[C@H]2CCCC[C@@H]2C1=O)N1CCN(c2ccccc2)CC1. The largest absolute Gasteiger partial charge is 0.368 e. The number of piperazine rings is 1. The molecule has 144 valence electrons. The van der Waals surface area contributed by atoms with Crippen LogP contribution in [0, 0.1) is 11.8 Å². The minimum absolute atomic E-state index is 0.0400. The normalized spacial score (nSPS) is 25.7. The van der Waals surface area contributed by atoms with E-state index in [0.717, 1.165) is 38.8 Å².